The average Bonchev–Trinajstić information content (AvgIpc) is 3.67. The van der Waals surface area contributed by atoms with E-state index in [1.165, 1.54) is 71.9 Å². The summed E-state index contributed by atoms with van der Waals surface area (Å²) in [4.78, 5) is 15.5. The van der Waals surface area contributed by atoms with Gasteiger partial charge in [0.25, 0.3) is 0 Å². The van der Waals surface area contributed by atoms with Gasteiger partial charge in [0.1, 0.15) is 0 Å². The van der Waals surface area contributed by atoms with E-state index in [0.29, 0.717) is 23.4 Å². The number of hydrogen-bond acceptors (Lipinski definition) is 3. The molecule has 0 radical (unpaired) electrons. The van der Waals surface area contributed by atoms with Crippen LogP contribution in [-0.4, -0.2) is 19.5 Å². The molecule has 1 unspecified atom stereocenters. The number of nitrogens with zero attached hydrogens (tertiary/aromatic N) is 4. The van der Waals surface area contributed by atoms with Gasteiger partial charge in [0.2, 0.25) is 0 Å². The predicted molar refractivity (Wildman–Crippen MR) is 275 cm³/mol. The van der Waals surface area contributed by atoms with Gasteiger partial charge in [-0.15, -0.1) is 0 Å². The molecule has 320 valence electrons. The Hall–Kier alpha value is -7.43. The van der Waals surface area contributed by atoms with Crippen LogP contribution in [-0.2, 0) is 6.42 Å². The molecule has 0 aliphatic heterocycles. The largest absolute Gasteiger partial charge is 0.309 e. The standard InChI is InChI=1S/C54H48N4.C7H8/c1-6-18-38-20-11-12-24-43(38)47-34-48-44-25-15-16-28-49(44)58(50(48)33-37(47)5)41-31-29-40(30-32-41)53-55-52(39-21-9-8-10-22-39)56-54(57-53)46-27-17-19-36(4)51(46)45-26-14-13-23-42(45)35(3)7-2;1-7-5-3-2-4-6-7/h8-17,19-35H,6-7,18H2,1-5H3;2-6H,1H3. The normalized spacial score (nSPS) is 11.7. The van der Waals surface area contributed by atoms with E-state index in [1.807, 2.05) is 36.4 Å². The van der Waals surface area contributed by atoms with Crippen LogP contribution in [0.25, 0.3) is 83.9 Å². The lowest BCUT2D eigenvalue weighted by Gasteiger charge is -2.19. The number of aryl methyl sites for hydroxylation is 4. The van der Waals surface area contributed by atoms with E-state index in [1.54, 1.807) is 0 Å². The number of aromatic nitrogens is 4. The zero-order chi connectivity index (χ0) is 44.9. The Morgan fingerprint density at radius 3 is 1.75 bits per heavy atom. The number of benzene rings is 8. The van der Waals surface area contributed by atoms with E-state index in [2.05, 4.69) is 198 Å². The molecule has 2 aromatic heterocycles. The van der Waals surface area contributed by atoms with Crippen molar-refractivity contribution in [1.82, 2.24) is 19.5 Å². The number of fused-ring (bicyclic) bond motifs is 3. The minimum atomic E-state index is 0.416. The Morgan fingerprint density at radius 1 is 0.462 bits per heavy atom. The number of hydrogen-bond donors (Lipinski definition) is 0. The van der Waals surface area contributed by atoms with Gasteiger partial charge in [0.15, 0.2) is 17.5 Å². The molecule has 0 saturated heterocycles. The van der Waals surface area contributed by atoms with E-state index < -0.39 is 0 Å². The van der Waals surface area contributed by atoms with Crippen molar-refractivity contribution >= 4 is 21.8 Å². The molecule has 0 aliphatic carbocycles. The molecule has 0 spiro atoms. The summed E-state index contributed by atoms with van der Waals surface area (Å²) in [5, 5.41) is 2.50. The molecule has 2 heterocycles. The first kappa shape index (κ1) is 42.9. The highest BCUT2D eigenvalue weighted by molar-refractivity contribution is 6.11. The minimum absolute atomic E-state index is 0.416. The monoisotopic (exact) mass is 844 g/mol. The van der Waals surface area contributed by atoms with Gasteiger partial charge in [-0.05, 0) is 127 Å². The first-order valence-electron chi connectivity index (χ1n) is 23.1. The van der Waals surface area contributed by atoms with Crippen LogP contribution in [0.2, 0.25) is 0 Å². The van der Waals surface area contributed by atoms with Gasteiger partial charge in [-0.3, -0.25) is 0 Å². The summed E-state index contributed by atoms with van der Waals surface area (Å²) in [7, 11) is 0. The molecule has 0 bridgehead atoms. The van der Waals surface area contributed by atoms with Crippen molar-refractivity contribution in [1.29, 1.82) is 0 Å². The average molecular weight is 845 g/mol. The second-order valence-corrected chi connectivity index (χ2v) is 17.2. The van der Waals surface area contributed by atoms with E-state index in [9.17, 15) is 0 Å². The maximum Gasteiger partial charge on any atom is 0.164 e. The summed E-state index contributed by atoms with van der Waals surface area (Å²) in [6.07, 6.45) is 3.24. The fraction of sp³-hybridized carbons (Fsp3) is 0.164. The number of rotatable bonds is 10. The van der Waals surface area contributed by atoms with Gasteiger partial charge >= 0.3 is 0 Å². The Labute approximate surface area is 384 Å². The molecule has 10 aromatic rings. The van der Waals surface area contributed by atoms with Crippen molar-refractivity contribution in [2.75, 3.05) is 0 Å². The van der Waals surface area contributed by atoms with E-state index in [-0.39, 0.29) is 0 Å². The maximum atomic E-state index is 5.25. The predicted octanol–water partition coefficient (Wildman–Crippen LogP) is 16.4. The van der Waals surface area contributed by atoms with Crippen LogP contribution in [0.5, 0.6) is 0 Å². The van der Waals surface area contributed by atoms with E-state index in [4.69, 9.17) is 15.0 Å². The number of para-hydroxylation sites is 1. The van der Waals surface area contributed by atoms with E-state index in [0.717, 1.165) is 41.6 Å². The summed E-state index contributed by atoms with van der Waals surface area (Å²) in [6, 6.07) is 66.9. The highest BCUT2D eigenvalue weighted by Gasteiger charge is 2.21. The molecule has 0 amide bonds. The van der Waals surface area contributed by atoms with Crippen LogP contribution < -0.4 is 0 Å². The summed E-state index contributed by atoms with van der Waals surface area (Å²) in [5.41, 5.74) is 17.9. The highest BCUT2D eigenvalue weighted by Crippen LogP contribution is 2.41. The molecule has 0 N–H and O–H groups in total. The van der Waals surface area contributed by atoms with Crippen molar-refractivity contribution < 1.29 is 0 Å². The van der Waals surface area contributed by atoms with Gasteiger partial charge in [-0.2, -0.15) is 0 Å². The second kappa shape index (κ2) is 19.1. The van der Waals surface area contributed by atoms with Crippen molar-refractivity contribution in [3.05, 3.63) is 216 Å². The first-order chi connectivity index (χ1) is 31.8. The van der Waals surface area contributed by atoms with Crippen molar-refractivity contribution in [2.24, 2.45) is 0 Å². The lowest BCUT2D eigenvalue weighted by molar-refractivity contribution is 0.735. The fourth-order valence-electron chi connectivity index (χ4n) is 9.18. The second-order valence-electron chi connectivity index (χ2n) is 17.2. The maximum absolute atomic E-state index is 5.25. The lowest BCUT2D eigenvalue weighted by atomic mass is 9.86. The van der Waals surface area contributed by atoms with Crippen LogP contribution in [0.3, 0.4) is 0 Å². The van der Waals surface area contributed by atoms with Gasteiger partial charge in [0, 0.05) is 33.2 Å². The molecule has 0 saturated carbocycles. The van der Waals surface area contributed by atoms with Crippen molar-refractivity contribution in [3.8, 4) is 62.1 Å². The molecule has 8 aromatic carbocycles. The van der Waals surface area contributed by atoms with Gasteiger partial charge in [0.05, 0.1) is 11.0 Å². The topological polar surface area (TPSA) is 43.6 Å². The van der Waals surface area contributed by atoms with Gasteiger partial charge in [-0.25, -0.2) is 15.0 Å². The molecule has 65 heavy (non-hydrogen) atoms. The molecular formula is C61H56N4. The molecule has 1 atom stereocenters. The molecule has 10 rings (SSSR count). The van der Waals surface area contributed by atoms with Gasteiger partial charge in [-0.1, -0.05) is 178 Å². The van der Waals surface area contributed by atoms with Crippen LogP contribution in [0, 0.1) is 20.8 Å². The summed E-state index contributed by atoms with van der Waals surface area (Å²) < 4.78 is 2.39. The van der Waals surface area contributed by atoms with Crippen molar-refractivity contribution in [2.45, 2.75) is 66.7 Å². The van der Waals surface area contributed by atoms with Crippen LogP contribution >= 0.6 is 0 Å². The smallest absolute Gasteiger partial charge is 0.164 e. The van der Waals surface area contributed by atoms with Crippen LogP contribution in [0.15, 0.2) is 188 Å². The summed E-state index contributed by atoms with van der Waals surface area (Å²) in [6.45, 7) is 13.3. The Morgan fingerprint density at radius 2 is 1.06 bits per heavy atom. The Bertz CT molecular complexity index is 3240. The Balaban J connectivity index is 0.000000697. The molecule has 0 fully saturated rings. The van der Waals surface area contributed by atoms with Crippen LogP contribution in [0.1, 0.15) is 67.3 Å². The van der Waals surface area contributed by atoms with Crippen molar-refractivity contribution in [3.63, 3.8) is 0 Å². The van der Waals surface area contributed by atoms with E-state index >= 15 is 0 Å². The zero-order valence-corrected chi connectivity index (χ0v) is 38.4. The third-order valence-corrected chi connectivity index (χ3v) is 12.7. The Kier molecular flexibility index (Phi) is 12.6. The molecular weight excluding hydrogens is 789 g/mol. The first-order valence-corrected chi connectivity index (χ1v) is 23.1. The van der Waals surface area contributed by atoms with Gasteiger partial charge < -0.3 is 4.57 Å². The molecule has 4 nitrogen and oxygen atoms in total. The fourth-order valence-corrected chi connectivity index (χ4v) is 9.18. The molecule has 0 aliphatic rings. The zero-order valence-electron chi connectivity index (χ0n) is 38.4. The summed E-state index contributed by atoms with van der Waals surface area (Å²) in [5.74, 6) is 2.38. The summed E-state index contributed by atoms with van der Waals surface area (Å²) >= 11 is 0. The minimum Gasteiger partial charge on any atom is -0.309 e. The quantitative estimate of drug-likeness (QED) is 0.138. The third kappa shape index (κ3) is 8.77. The van der Waals surface area contributed by atoms with Crippen LogP contribution in [0.4, 0.5) is 0 Å². The molecule has 4 heteroatoms. The third-order valence-electron chi connectivity index (χ3n) is 12.7. The lowest BCUT2D eigenvalue weighted by Crippen LogP contribution is -2.03. The highest BCUT2D eigenvalue weighted by atomic mass is 15.0. The SMILES string of the molecule is CCCc1ccccc1-c1cc2c3ccccc3n(-c3ccc(-c4nc(-c5ccccc5)nc(-c5cccc(C)c5-c5ccccc5C(C)CC)n4)cc3)c2cc1C.Cc1ccccc1.